The number of piperidine rings is 1. The number of rotatable bonds is 6. The number of hydrogen-bond donors (Lipinski definition) is 1. The molecule has 2 aromatic rings. The average Bonchev–Trinajstić information content (AvgIpc) is 3.00. The number of benzene rings is 1. The van der Waals surface area contributed by atoms with Crippen LogP contribution in [0.15, 0.2) is 23.2 Å². The van der Waals surface area contributed by atoms with Gasteiger partial charge in [-0.05, 0) is 61.1 Å². The first-order valence-electron chi connectivity index (χ1n) is 10.1. The molecule has 4 rings (SSSR count). The Balaban J connectivity index is 0.00000210. The normalized spacial score (nSPS) is 24.3. The fraction of sp³-hybridized carbons (Fsp3) is 0.591. The van der Waals surface area contributed by atoms with E-state index in [0.29, 0.717) is 24.3 Å². The zero-order valence-corrected chi connectivity index (χ0v) is 18.0. The van der Waals surface area contributed by atoms with E-state index in [9.17, 15) is 5.26 Å². The van der Waals surface area contributed by atoms with Crippen molar-refractivity contribution in [3.8, 4) is 6.07 Å². The third kappa shape index (κ3) is 3.75. The zero-order chi connectivity index (χ0) is 18.1. The second-order valence-corrected chi connectivity index (χ2v) is 8.99. The van der Waals surface area contributed by atoms with Crippen LogP contribution in [0.3, 0.4) is 0 Å². The highest BCUT2D eigenvalue weighted by Crippen LogP contribution is 2.47. The number of thioether (sulfide) groups is 1. The highest BCUT2D eigenvalue weighted by Gasteiger charge is 2.41. The molecule has 27 heavy (non-hydrogen) atoms. The lowest BCUT2D eigenvalue weighted by Gasteiger charge is -2.47. The summed E-state index contributed by atoms with van der Waals surface area (Å²) in [5.74, 6) is 2.26. The van der Waals surface area contributed by atoms with E-state index in [4.69, 9.17) is 0 Å². The van der Waals surface area contributed by atoms with Gasteiger partial charge in [-0.2, -0.15) is 5.26 Å². The van der Waals surface area contributed by atoms with Gasteiger partial charge in [0.1, 0.15) is 0 Å². The molecular weight excluding hydrogens is 374 g/mol. The van der Waals surface area contributed by atoms with Crippen LogP contribution in [0.4, 0.5) is 0 Å². The standard InChI is InChI=1S/C22H29N3S.ClH/c1-3-10-25-14-15(8-9-23)12-17-16-6-5-7-19-21(16)18(13-20(17)25)22(24-19)26-11-4-2;/h5-7,15,17,20,24H,3-4,8,10-14H2,1-2H3;1H/t15-,17?,20-;/m1./s1. The van der Waals surface area contributed by atoms with Crippen molar-refractivity contribution in [1.82, 2.24) is 9.88 Å². The summed E-state index contributed by atoms with van der Waals surface area (Å²) >= 11 is 1.99. The van der Waals surface area contributed by atoms with Gasteiger partial charge >= 0.3 is 0 Å². The summed E-state index contributed by atoms with van der Waals surface area (Å²) in [6.07, 6.45) is 5.41. The molecule has 1 unspecified atom stereocenters. The molecule has 3 nitrogen and oxygen atoms in total. The van der Waals surface area contributed by atoms with Crippen LogP contribution in [0.25, 0.3) is 10.9 Å². The van der Waals surface area contributed by atoms with Crippen molar-refractivity contribution in [1.29, 1.82) is 5.26 Å². The second kappa shape index (κ2) is 8.90. The van der Waals surface area contributed by atoms with E-state index in [-0.39, 0.29) is 12.4 Å². The molecule has 146 valence electrons. The molecule has 1 N–H and O–H groups in total. The van der Waals surface area contributed by atoms with E-state index >= 15 is 0 Å². The number of likely N-dealkylation sites (tertiary alicyclic amines) is 1. The predicted molar refractivity (Wildman–Crippen MR) is 117 cm³/mol. The third-order valence-electron chi connectivity index (χ3n) is 6.09. The van der Waals surface area contributed by atoms with Gasteiger partial charge in [0.25, 0.3) is 0 Å². The maximum atomic E-state index is 9.25. The summed E-state index contributed by atoms with van der Waals surface area (Å²) < 4.78 is 0. The molecule has 1 aliphatic heterocycles. The van der Waals surface area contributed by atoms with Crippen molar-refractivity contribution in [3.05, 3.63) is 29.3 Å². The van der Waals surface area contributed by atoms with Crippen LogP contribution in [0.1, 0.15) is 56.6 Å². The summed E-state index contributed by atoms with van der Waals surface area (Å²) in [6, 6.07) is 9.83. The summed E-state index contributed by atoms with van der Waals surface area (Å²) in [6.45, 7) is 6.77. The van der Waals surface area contributed by atoms with Crippen molar-refractivity contribution in [2.24, 2.45) is 5.92 Å². The van der Waals surface area contributed by atoms with Gasteiger partial charge in [0.05, 0.1) is 11.1 Å². The van der Waals surface area contributed by atoms with Crippen molar-refractivity contribution in [2.45, 2.75) is 62.9 Å². The van der Waals surface area contributed by atoms with E-state index < -0.39 is 0 Å². The summed E-state index contributed by atoms with van der Waals surface area (Å²) in [4.78, 5) is 6.41. The monoisotopic (exact) mass is 403 g/mol. The molecule has 1 aliphatic carbocycles. The Hall–Kier alpha value is -1.15. The van der Waals surface area contributed by atoms with E-state index in [2.05, 4.69) is 48.0 Å². The number of aromatic amines is 1. The SMILES string of the molecule is CCCSc1[nH]c2cccc3c2c1C[C@@H]1C3C[C@@H](CC#N)CN1CCC.Cl. The number of halogens is 1. The molecule has 5 heteroatoms. The largest absolute Gasteiger partial charge is 0.349 e. The summed E-state index contributed by atoms with van der Waals surface area (Å²) in [5.41, 5.74) is 4.38. The first kappa shape index (κ1) is 20.6. The van der Waals surface area contributed by atoms with Crippen LogP contribution in [0.5, 0.6) is 0 Å². The van der Waals surface area contributed by atoms with E-state index in [0.717, 1.165) is 19.5 Å². The average molecular weight is 404 g/mol. The fourth-order valence-electron chi connectivity index (χ4n) is 5.10. The Bertz CT molecular complexity index is 825. The van der Waals surface area contributed by atoms with Crippen molar-refractivity contribution in [2.75, 3.05) is 18.8 Å². The zero-order valence-electron chi connectivity index (χ0n) is 16.3. The lowest BCUT2D eigenvalue weighted by molar-refractivity contribution is 0.0857. The highest BCUT2D eigenvalue weighted by molar-refractivity contribution is 7.99. The molecule has 1 aromatic heterocycles. The van der Waals surface area contributed by atoms with Crippen molar-refractivity contribution < 1.29 is 0 Å². The smallest absolute Gasteiger partial charge is 0.0765 e. The van der Waals surface area contributed by atoms with Gasteiger partial charge < -0.3 is 4.98 Å². The molecule has 2 aliphatic rings. The van der Waals surface area contributed by atoms with E-state index in [1.165, 1.54) is 46.5 Å². The predicted octanol–water partition coefficient (Wildman–Crippen LogP) is 5.75. The van der Waals surface area contributed by atoms with Crippen LogP contribution in [-0.4, -0.2) is 34.8 Å². The van der Waals surface area contributed by atoms with E-state index in [1.807, 2.05) is 11.8 Å². The summed E-state index contributed by atoms with van der Waals surface area (Å²) in [7, 11) is 0. The molecule has 1 fully saturated rings. The molecule has 0 amide bonds. The first-order chi connectivity index (χ1) is 12.8. The van der Waals surface area contributed by atoms with Gasteiger partial charge in [-0.3, -0.25) is 4.90 Å². The van der Waals surface area contributed by atoms with Crippen molar-refractivity contribution >= 4 is 35.1 Å². The number of H-pyrrole nitrogens is 1. The number of nitriles is 1. The Morgan fingerprint density at radius 1 is 1.30 bits per heavy atom. The molecule has 0 saturated carbocycles. The van der Waals surface area contributed by atoms with Crippen LogP contribution >= 0.6 is 24.2 Å². The molecule has 0 bridgehead atoms. The minimum Gasteiger partial charge on any atom is -0.349 e. The second-order valence-electron chi connectivity index (χ2n) is 7.89. The molecular formula is C22H30ClN3S. The molecule has 0 spiro atoms. The van der Waals surface area contributed by atoms with Crippen LogP contribution in [-0.2, 0) is 6.42 Å². The Kier molecular flexibility index (Phi) is 6.78. The molecule has 0 radical (unpaired) electrons. The number of hydrogen-bond acceptors (Lipinski definition) is 3. The van der Waals surface area contributed by atoms with Gasteiger partial charge in [-0.25, -0.2) is 0 Å². The Morgan fingerprint density at radius 2 is 2.15 bits per heavy atom. The molecule has 2 heterocycles. The van der Waals surface area contributed by atoms with Gasteiger partial charge in [-0.1, -0.05) is 26.0 Å². The van der Waals surface area contributed by atoms with Crippen LogP contribution in [0.2, 0.25) is 0 Å². The number of aromatic nitrogens is 1. The Morgan fingerprint density at radius 3 is 2.89 bits per heavy atom. The van der Waals surface area contributed by atoms with Crippen LogP contribution in [0, 0.1) is 17.2 Å². The van der Waals surface area contributed by atoms with Crippen LogP contribution < -0.4 is 0 Å². The highest BCUT2D eigenvalue weighted by atomic mass is 35.5. The van der Waals surface area contributed by atoms with Gasteiger partial charge in [0, 0.05) is 35.8 Å². The number of nitrogens with one attached hydrogen (secondary N) is 1. The minimum atomic E-state index is 0. The first-order valence-corrected chi connectivity index (χ1v) is 11.1. The number of nitrogens with zero attached hydrogens (tertiary/aromatic N) is 2. The minimum absolute atomic E-state index is 0. The lowest BCUT2D eigenvalue weighted by Crippen LogP contribution is -2.50. The van der Waals surface area contributed by atoms with Gasteiger partial charge in [0.2, 0.25) is 0 Å². The molecule has 3 atom stereocenters. The fourth-order valence-corrected chi connectivity index (χ4v) is 6.05. The number of fused-ring (bicyclic) bond motifs is 2. The molecule has 1 aromatic carbocycles. The lowest BCUT2D eigenvalue weighted by atomic mass is 9.71. The van der Waals surface area contributed by atoms with E-state index in [1.54, 1.807) is 5.56 Å². The summed E-state index contributed by atoms with van der Waals surface area (Å²) in [5, 5.41) is 12.1. The third-order valence-corrected chi connectivity index (χ3v) is 7.34. The quantitative estimate of drug-likeness (QED) is 0.624. The van der Waals surface area contributed by atoms with Gasteiger partial charge in [0.15, 0.2) is 0 Å². The topological polar surface area (TPSA) is 42.8 Å². The maximum absolute atomic E-state index is 9.25. The van der Waals surface area contributed by atoms with Gasteiger partial charge in [-0.15, -0.1) is 24.2 Å². The molecule has 1 saturated heterocycles. The maximum Gasteiger partial charge on any atom is 0.0765 e. The Labute approximate surface area is 173 Å². The van der Waals surface area contributed by atoms with Crippen molar-refractivity contribution in [3.63, 3.8) is 0 Å².